The number of amides is 4. The van der Waals surface area contributed by atoms with Crippen molar-refractivity contribution in [2.24, 2.45) is 5.92 Å². The average Bonchev–Trinajstić information content (AvgIpc) is 0.779. The van der Waals surface area contributed by atoms with Crippen molar-refractivity contribution in [3.63, 3.8) is 0 Å². The number of rotatable bonds is 35. The second-order valence-electron chi connectivity index (χ2n) is 24.6. The van der Waals surface area contributed by atoms with Crippen LogP contribution in [0, 0.1) is 5.92 Å². The molecule has 0 aromatic heterocycles. The van der Waals surface area contributed by atoms with Crippen LogP contribution in [0.4, 0.5) is 5.69 Å². The van der Waals surface area contributed by atoms with Crippen molar-refractivity contribution >= 4 is 75.5 Å². The number of fused-ring (bicyclic) bond motifs is 2. The van der Waals surface area contributed by atoms with E-state index in [1.54, 1.807) is 51.3 Å². The van der Waals surface area contributed by atoms with Gasteiger partial charge in [0.25, 0.3) is 16.0 Å². The van der Waals surface area contributed by atoms with Crippen molar-refractivity contribution < 1.29 is 69.7 Å². The molecular weight excluding hydrogens is 1170 g/mol. The van der Waals surface area contributed by atoms with Crippen LogP contribution < -0.4 is 25.5 Å². The molecule has 2 atom stereocenters. The van der Waals surface area contributed by atoms with Gasteiger partial charge in [0.15, 0.2) is 5.78 Å². The summed E-state index contributed by atoms with van der Waals surface area (Å²) in [7, 11) is -8.45. The van der Waals surface area contributed by atoms with Crippen LogP contribution in [0.1, 0.15) is 169 Å². The highest BCUT2D eigenvalue weighted by Crippen LogP contribution is 2.55. The van der Waals surface area contributed by atoms with Crippen LogP contribution in [0.5, 0.6) is 0 Å². The van der Waals surface area contributed by atoms with E-state index >= 15 is 0 Å². The molecule has 1 fully saturated rings. The lowest BCUT2D eigenvalue weighted by Crippen LogP contribution is -2.50. The first-order valence-corrected chi connectivity index (χ1v) is 34.6. The maximum Gasteiger partial charge on any atom is 0.331 e. The molecule has 0 bridgehead atoms. The van der Waals surface area contributed by atoms with Crippen LogP contribution in [-0.2, 0) is 52.5 Å². The van der Waals surface area contributed by atoms with Gasteiger partial charge in [-0.25, -0.2) is 4.58 Å². The summed E-state index contributed by atoms with van der Waals surface area (Å²) in [5.74, 6) is -4.42. The Bertz CT molecular complexity index is 3240. The third-order valence-corrected chi connectivity index (χ3v) is 18.6. The van der Waals surface area contributed by atoms with Crippen molar-refractivity contribution in [2.75, 3.05) is 75.7 Å². The topological polar surface area (TPSA) is 280 Å². The number of carbonyl (C=O) groups is 7. The molecule has 2 heterocycles. The molecule has 21 nitrogen and oxygen atoms in total. The number of Topliss-reactive ketones (excluding diaryl/α,β-unsaturated/α-hetero) is 2. The van der Waals surface area contributed by atoms with Gasteiger partial charge in [-0.15, -0.1) is 0 Å². The summed E-state index contributed by atoms with van der Waals surface area (Å²) in [4.78, 5) is 97.9. The number of piperazine rings is 1. The zero-order chi connectivity index (χ0) is 65.0. The van der Waals surface area contributed by atoms with Gasteiger partial charge in [-0.05, 0) is 144 Å². The lowest BCUT2D eigenvalue weighted by Gasteiger charge is -2.35. The second-order valence-corrected chi connectivity index (χ2v) is 28.1. The minimum Gasteiger partial charge on any atom is -0.481 e. The van der Waals surface area contributed by atoms with E-state index in [0.29, 0.717) is 75.2 Å². The smallest absolute Gasteiger partial charge is 0.331 e. The van der Waals surface area contributed by atoms with Gasteiger partial charge in [0.1, 0.15) is 42.0 Å². The Morgan fingerprint density at radius 3 is 1.98 bits per heavy atom. The largest absolute Gasteiger partial charge is 0.481 e. The quantitative estimate of drug-likeness (QED) is 0.0110. The SMILES string of the molecule is CCN(CC)c1ccc2c(-c3ccccc3C(=O)N3CCN(C(=O)CCCCC(=O)NC(CS(=O)(=O)O)C(=O)CCCCCC(=O)CC(CCP(=O)(OC(C)(C)C)OC(C)(C)C)C(=O)NCCCCC(=O)O)CC3)c3ccc(=[N+](CC)CC)cc-3oc2c1. The van der Waals surface area contributed by atoms with Crippen LogP contribution >= 0.6 is 7.60 Å². The van der Waals surface area contributed by atoms with E-state index in [9.17, 15) is 51.1 Å². The highest BCUT2D eigenvalue weighted by molar-refractivity contribution is 7.85. The number of carbonyl (C=O) groups excluding carboxylic acids is 6. The second kappa shape index (κ2) is 33.5. The molecule has 2 aromatic carbocycles. The van der Waals surface area contributed by atoms with E-state index in [-0.39, 0.29) is 88.1 Å². The maximum absolute atomic E-state index is 14.6. The summed E-state index contributed by atoms with van der Waals surface area (Å²) in [6, 6.07) is 18.6. The van der Waals surface area contributed by atoms with E-state index in [1.165, 1.54) is 0 Å². The van der Waals surface area contributed by atoms with Gasteiger partial charge in [-0.3, -0.25) is 42.7 Å². The molecule has 1 saturated heterocycles. The lowest BCUT2D eigenvalue weighted by atomic mass is 9.90. The van der Waals surface area contributed by atoms with Crippen molar-refractivity contribution in [2.45, 2.75) is 176 Å². The Hall–Kier alpha value is -6.32. The molecule has 23 heteroatoms. The van der Waals surface area contributed by atoms with E-state index in [0.717, 1.165) is 59.3 Å². The summed E-state index contributed by atoms with van der Waals surface area (Å²) in [6.07, 6.45) is 1.75. The number of carboxylic acid groups (broad SMARTS) is 1. The van der Waals surface area contributed by atoms with Gasteiger partial charge in [0, 0.05) is 130 Å². The number of unbranched alkanes of at least 4 members (excludes halogenated alkanes) is 4. The van der Waals surface area contributed by atoms with Crippen LogP contribution in [-0.4, -0.2) is 157 Å². The minimum atomic E-state index is -4.69. The van der Waals surface area contributed by atoms with Gasteiger partial charge in [0.05, 0.1) is 23.4 Å². The number of aliphatic carboxylic acids is 1. The van der Waals surface area contributed by atoms with Crippen LogP contribution in [0.2, 0.25) is 0 Å². The van der Waals surface area contributed by atoms with E-state index in [1.807, 2.05) is 24.3 Å². The number of anilines is 1. The third kappa shape index (κ3) is 22.9. The molecule has 2 aliphatic heterocycles. The molecule has 2 unspecified atom stereocenters. The van der Waals surface area contributed by atoms with Crippen LogP contribution in [0.25, 0.3) is 33.4 Å². The Balaban J connectivity index is 1.11. The van der Waals surface area contributed by atoms with Gasteiger partial charge in [0.2, 0.25) is 23.1 Å². The van der Waals surface area contributed by atoms with E-state index in [4.69, 9.17) is 18.6 Å². The first-order valence-electron chi connectivity index (χ1n) is 31.3. The number of hydrogen-bond donors (Lipinski definition) is 4. The van der Waals surface area contributed by atoms with Gasteiger partial charge >= 0.3 is 13.6 Å². The van der Waals surface area contributed by atoms with Gasteiger partial charge in [-0.2, -0.15) is 8.42 Å². The standard InChI is InChI=1S/C65H95N6O15PS/c1-11-68(12-2)47-31-33-52-56(43-47)84-57-44-48(69(13-3)14-4)32-34-53(57)61(52)50-25-18-19-26-51(50)63(79)71-39-37-70(38-40-71)59(75)29-21-20-28-58(74)67-54(45-88(81,82)83)55(73)27-17-15-16-24-49(72)42-46(62(78)66-36-23-22-30-60(76)77)35-41-87(80,85-64(5,6)7)86-65(8,9)10/h18-19,25-26,31-34,43-44,46,54H,11-17,20-24,27-30,35-42,45H2,1-10H3,(H3-,66,67,74,76,77,78,81,82,83)/p+1. The summed E-state index contributed by atoms with van der Waals surface area (Å²) < 4.78 is 68.4. The molecule has 3 aliphatic rings. The summed E-state index contributed by atoms with van der Waals surface area (Å²) >= 11 is 0. The Labute approximate surface area is 520 Å². The fraction of sp³-hybridized carbons (Fsp3) is 0.600. The molecule has 0 saturated carbocycles. The summed E-state index contributed by atoms with van der Waals surface area (Å²) in [6.45, 7) is 23.6. The first kappa shape index (κ1) is 72.4. The van der Waals surface area contributed by atoms with Crippen LogP contribution in [0.15, 0.2) is 65.1 Å². The van der Waals surface area contributed by atoms with Gasteiger partial charge < -0.3 is 43.9 Å². The molecule has 4 amide bonds. The Morgan fingerprint density at radius 1 is 0.739 bits per heavy atom. The fourth-order valence-corrected chi connectivity index (χ4v) is 14.3. The number of benzene rings is 3. The van der Waals surface area contributed by atoms with Crippen molar-refractivity contribution in [1.29, 1.82) is 0 Å². The summed E-state index contributed by atoms with van der Waals surface area (Å²) in [5, 5.41) is 16.1. The van der Waals surface area contributed by atoms with E-state index < -0.39 is 70.2 Å². The van der Waals surface area contributed by atoms with Crippen LogP contribution in [0.3, 0.4) is 0 Å². The number of nitrogens with one attached hydrogen (secondary N) is 2. The maximum atomic E-state index is 14.6. The Morgan fingerprint density at radius 2 is 1.35 bits per heavy atom. The number of ketones is 2. The normalized spacial score (nSPS) is 13.9. The van der Waals surface area contributed by atoms with E-state index in [2.05, 4.69) is 84.2 Å². The summed E-state index contributed by atoms with van der Waals surface area (Å²) in [5.41, 5.74) is 3.16. The number of nitrogens with zero attached hydrogens (tertiary/aromatic N) is 4. The molecular formula is C65H96N6O15PS+. The number of carboxylic acids is 1. The minimum absolute atomic E-state index is 0.00517. The lowest BCUT2D eigenvalue weighted by molar-refractivity contribution is -0.137. The number of hydrogen-bond acceptors (Lipinski definition) is 14. The van der Waals surface area contributed by atoms with Crippen molar-refractivity contribution in [3.8, 4) is 22.5 Å². The molecule has 5 rings (SSSR count). The van der Waals surface area contributed by atoms with Gasteiger partial charge in [-0.1, -0.05) is 24.6 Å². The molecule has 0 radical (unpaired) electrons. The third-order valence-electron chi connectivity index (χ3n) is 15.4. The molecule has 1 aliphatic carbocycles. The monoisotopic (exact) mass is 1260 g/mol. The highest BCUT2D eigenvalue weighted by Gasteiger charge is 2.37. The van der Waals surface area contributed by atoms with Crippen molar-refractivity contribution in [3.05, 3.63) is 71.6 Å². The first-order chi connectivity index (χ1) is 41.5. The Kier molecular flexibility index (Phi) is 27.6. The molecule has 4 N–H and O–H groups in total. The van der Waals surface area contributed by atoms with Crippen molar-refractivity contribution in [1.82, 2.24) is 25.0 Å². The fourth-order valence-electron chi connectivity index (χ4n) is 11.0. The zero-order valence-corrected chi connectivity index (χ0v) is 55.2. The molecule has 486 valence electrons. The molecule has 0 spiro atoms. The highest BCUT2D eigenvalue weighted by atomic mass is 32.2. The average molecular weight is 1260 g/mol. The molecule has 2 aromatic rings. The predicted molar refractivity (Wildman–Crippen MR) is 342 cm³/mol. The predicted octanol–water partition coefficient (Wildman–Crippen LogP) is 9.76. The molecule has 88 heavy (non-hydrogen) atoms. The zero-order valence-electron chi connectivity index (χ0n) is 53.5.